The fourth-order valence-corrected chi connectivity index (χ4v) is 2.12. The zero-order valence-corrected chi connectivity index (χ0v) is 13.4. The van der Waals surface area contributed by atoms with Gasteiger partial charge < -0.3 is 14.8 Å². The molecule has 1 heterocycles. The Balaban J connectivity index is 2.06. The van der Waals surface area contributed by atoms with Gasteiger partial charge in [0.05, 0.1) is 25.7 Å². The number of hydrogen-bond acceptors (Lipinski definition) is 5. The van der Waals surface area contributed by atoms with E-state index in [1.165, 1.54) is 26.5 Å². The first-order chi connectivity index (χ1) is 11.0. The van der Waals surface area contributed by atoms with Crippen molar-refractivity contribution < 1.29 is 19.1 Å². The van der Waals surface area contributed by atoms with Crippen molar-refractivity contribution in [3.63, 3.8) is 0 Å². The fraction of sp³-hybridized carbons (Fsp3) is 0.188. The summed E-state index contributed by atoms with van der Waals surface area (Å²) in [6.07, 6.45) is 1.57. The molecule has 1 amide bonds. The van der Waals surface area contributed by atoms with Crippen LogP contribution in [0.1, 0.15) is 16.1 Å². The normalized spacial score (nSPS) is 10.0. The van der Waals surface area contributed by atoms with Gasteiger partial charge in [-0.05, 0) is 29.8 Å². The number of ether oxygens (including phenoxy) is 2. The summed E-state index contributed by atoms with van der Waals surface area (Å²) in [4.78, 5) is 27.4. The van der Waals surface area contributed by atoms with Crippen molar-refractivity contribution in [2.24, 2.45) is 0 Å². The van der Waals surface area contributed by atoms with Crippen LogP contribution in [0.4, 0.5) is 5.69 Å². The van der Waals surface area contributed by atoms with Crippen LogP contribution in [-0.4, -0.2) is 31.1 Å². The van der Waals surface area contributed by atoms with E-state index in [1.54, 1.807) is 24.3 Å². The molecule has 0 spiro atoms. The van der Waals surface area contributed by atoms with Gasteiger partial charge in [-0.25, -0.2) is 9.78 Å². The molecule has 1 N–H and O–H groups in total. The number of amides is 1. The Hall–Kier alpha value is -2.60. The van der Waals surface area contributed by atoms with Crippen molar-refractivity contribution in [3.8, 4) is 5.75 Å². The molecule has 0 bridgehead atoms. The van der Waals surface area contributed by atoms with Gasteiger partial charge in [-0.3, -0.25) is 4.79 Å². The number of anilines is 1. The molecule has 1 aromatic heterocycles. The molecule has 0 radical (unpaired) electrons. The van der Waals surface area contributed by atoms with Gasteiger partial charge in [-0.2, -0.15) is 0 Å². The second kappa shape index (κ2) is 7.60. The van der Waals surface area contributed by atoms with Crippen molar-refractivity contribution in [2.75, 3.05) is 19.5 Å². The summed E-state index contributed by atoms with van der Waals surface area (Å²) in [6, 6.07) is 8.16. The van der Waals surface area contributed by atoms with E-state index in [1.807, 2.05) is 0 Å². The summed E-state index contributed by atoms with van der Waals surface area (Å²) >= 11 is 5.95. The van der Waals surface area contributed by atoms with Crippen LogP contribution in [0.25, 0.3) is 0 Å². The number of hydrogen-bond donors (Lipinski definition) is 1. The first-order valence-corrected chi connectivity index (χ1v) is 7.08. The highest BCUT2D eigenvalue weighted by Gasteiger charge is 2.10. The average Bonchev–Trinajstić information content (AvgIpc) is 2.56. The smallest absolute Gasteiger partial charge is 0.356 e. The number of aromatic nitrogens is 1. The third kappa shape index (κ3) is 4.43. The van der Waals surface area contributed by atoms with Crippen LogP contribution in [-0.2, 0) is 16.0 Å². The lowest BCUT2D eigenvalue weighted by molar-refractivity contribution is -0.115. The minimum Gasteiger partial charge on any atom is -0.495 e. The number of esters is 1. The number of pyridine rings is 1. The van der Waals surface area contributed by atoms with E-state index in [4.69, 9.17) is 16.3 Å². The monoisotopic (exact) mass is 334 g/mol. The van der Waals surface area contributed by atoms with Crippen LogP contribution in [0.15, 0.2) is 36.5 Å². The largest absolute Gasteiger partial charge is 0.495 e. The SMILES string of the molecule is COC(=O)c1cc(NC(=O)Cc2ccc(Cl)c(OC)c2)ccn1. The lowest BCUT2D eigenvalue weighted by atomic mass is 10.1. The summed E-state index contributed by atoms with van der Waals surface area (Å²) in [5, 5.41) is 3.18. The van der Waals surface area contributed by atoms with Gasteiger partial charge in [0.15, 0.2) is 0 Å². The third-order valence-corrected chi connectivity index (χ3v) is 3.33. The highest BCUT2D eigenvalue weighted by molar-refractivity contribution is 6.32. The molecule has 0 unspecified atom stereocenters. The Morgan fingerprint density at radius 3 is 2.70 bits per heavy atom. The van der Waals surface area contributed by atoms with E-state index >= 15 is 0 Å². The van der Waals surface area contributed by atoms with E-state index in [2.05, 4.69) is 15.0 Å². The van der Waals surface area contributed by atoms with Crippen molar-refractivity contribution in [1.82, 2.24) is 4.98 Å². The Kier molecular flexibility index (Phi) is 5.54. The average molecular weight is 335 g/mol. The van der Waals surface area contributed by atoms with Gasteiger partial charge in [0.2, 0.25) is 5.91 Å². The minimum atomic E-state index is -0.566. The number of benzene rings is 1. The Bertz CT molecular complexity index is 734. The van der Waals surface area contributed by atoms with Gasteiger partial charge in [0.1, 0.15) is 11.4 Å². The molecule has 1 aromatic carbocycles. The molecule has 0 fully saturated rings. The highest BCUT2D eigenvalue weighted by atomic mass is 35.5. The quantitative estimate of drug-likeness (QED) is 0.851. The fourth-order valence-electron chi connectivity index (χ4n) is 1.93. The molecule has 6 nitrogen and oxygen atoms in total. The number of carbonyl (C=O) groups is 2. The van der Waals surface area contributed by atoms with E-state index in [0.29, 0.717) is 16.5 Å². The Morgan fingerprint density at radius 2 is 2.00 bits per heavy atom. The molecule has 0 saturated heterocycles. The van der Waals surface area contributed by atoms with Crippen molar-refractivity contribution in [1.29, 1.82) is 0 Å². The lowest BCUT2D eigenvalue weighted by Crippen LogP contribution is -2.15. The number of nitrogens with zero attached hydrogens (tertiary/aromatic N) is 1. The number of halogens is 1. The van der Waals surface area contributed by atoms with Crippen molar-refractivity contribution in [2.45, 2.75) is 6.42 Å². The molecule has 2 rings (SSSR count). The predicted octanol–water partition coefficient (Wildman–Crippen LogP) is 2.71. The first-order valence-electron chi connectivity index (χ1n) is 6.70. The van der Waals surface area contributed by atoms with Crippen LogP contribution in [0.5, 0.6) is 5.75 Å². The van der Waals surface area contributed by atoms with E-state index in [-0.39, 0.29) is 18.0 Å². The summed E-state index contributed by atoms with van der Waals surface area (Å²) in [7, 11) is 2.78. The maximum absolute atomic E-state index is 12.1. The maximum Gasteiger partial charge on any atom is 0.356 e. The maximum atomic E-state index is 12.1. The Labute approximate surface area is 138 Å². The highest BCUT2D eigenvalue weighted by Crippen LogP contribution is 2.25. The molecule has 0 aliphatic carbocycles. The van der Waals surface area contributed by atoms with Gasteiger partial charge in [-0.1, -0.05) is 17.7 Å². The van der Waals surface area contributed by atoms with Crippen LogP contribution < -0.4 is 10.1 Å². The summed E-state index contributed by atoms with van der Waals surface area (Å²) in [5.74, 6) is -0.297. The number of nitrogens with one attached hydrogen (secondary N) is 1. The zero-order valence-electron chi connectivity index (χ0n) is 12.6. The topological polar surface area (TPSA) is 77.5 Å². The predicted molar refractivity (Wildman–Crippen MR) is 85.9 cm³/mol. The van der Waals surface area contributed by atoms with Crippen LogP contribution in [0, 0.1) is 0 Å². The van der Waals surface area contributed by atoms with Gasteiger partial charge in [0, 0.05) is 11.9 Å². The van der Waals surface area contributed by atoms with Crippen LogP contribution in [0.2, 0.25) is 5.02 Å². The van der Waals surface area contributed by atoms with E-state index < -0.39 is 5.97 Å². The summed E-state index contributed by atoms with van der Waals surface area (Å²) in [5.41, 5.74) is 1.34. The van der Waals surface area contributed by atoms with E-state index in [9.17, 15) is 9.59 Å². The second-order valence-electron chi connectivity index (χ2n) is 4.62. The molecule has 0 atom stereocenters. The van der Waals surface area contributed by atoms with Gasteiger partial charge >= 0.3 is 5.97 Å². The van der Waals surface area contributed by atoms with Crippen molar-refractivity contribution in [3.05, 3.63) is 52.8 Å². The van der Waals surface area contributed by atoms with Gasteiger partial charge in [-0.15, -0.1) is 0 Å². The number of methoxy groups -OCH3 is 2. The number of rotatable bonds is 5. The lowest BCUT2D eigenvalue weighted by Gasteiger charge is -2.08. The van der Waals surface area contributed by atoms with Crippen LogP contribution >= 0.6 is 11.6 Å². The van der Waals surface area contributed by atoms with Crippen LogP contribution in [0.3, 0.4) is 0 Å². The molecule has 120 valence electrons. The minimum absolute atomic E-state index is 0.124. The molecule has 2 aromatic rings. The summed E-state index contributed by atoms with van der Waals surface area (Å²) < 4.78 is 9.70. The van der Waals surface area contributed by atoms with E-state index in [0.717, 1.165) is 5.56 Å². The molecule has 7 heteroatoms. The standard InChI is InChI=1S/C16H15ClN2O4/c1-22-14-7-10(3-4-12(14)17)8-15(20)19-11-5-6-18-13(9-11)16(21)23-2/h3-7,9H,8H2,1-2H3,(H,18,19,20). The Morgan fingerprint density at radius 1 is 1.22 bits per heavy atom. The molecule has 0 aliphatic heterocycles. The third-order valence-electron chi connectivity index (χ3n) is 3.02. The molecular formula is C16H15ClN2O4. The summed E-state index contributed by atoms with van der Waals surface area (Å²) in [6.45, 7) is 0. The molecular weight excluding hydrogens is 320 g/mol. The van der Waals surface area contributed by atoms with Crippen molar-refractivity contribution >= 4 is 29.2 Å². The number of carbonyl (C=O) groups excluding carboxylic acids is 2. The first kappa shape index (κ1) is 16.8. The second-order valence-corrected chi connectivity index (χ2v) is 5.02. The molecule has 23 heavy (non-hydrogen) atoms. The zero-order chi connectivity index (χ0) is 16.8. The molecule has 0 aliphatic rings. The van der Waals surface area contributed by atoms with Gasteiger partial charge in [0.25, 0.3) is 0 Å². The molecule has 0 saturated carbocycles.